The van der Waals surface area contributed by atoms with Gasteiger partial charge in [-0.05, 0) is 12.8 Å². The molecule has 0 aromatic heterocycles. The lowest BCUT2D eigenvalue weighted by Gasteiger charge is -2.03. The second-order valence-electron chi connectivity index (χ2n) is 3.55. The molecule has 0 radical (unpaired) electrons. The van der Waals surface area contributed by atoms with Crippen LogP contribution in [-0.4, -0.2) is 30.5 Å². The Morgan fingerprint density at radius 2 is 1.80 bits per heavy atom. The summed E-state index contributed by atoms with van der Waals surface area (Å²) in [6.45, 7) is 0.601. The predicted molar refractivity (Wildman–Crippen MR) is 58.5 cm³/mol. The van der Waals surface area contributed by atoms with Gasteiger partial charge in [-0.15, -0.1) is 0 Å². The van der Waals surface area contributed by atoms with Crippen molar-refractivity contribution in [2.24, 2.45) is 0 Å². The number of amides is 1. The van der Waals surface area contributed by atoms with Gasteiger partial charge >= 0.3 is 0 Å². The lowest BCUT2D eigenvalue weighted by Crippen LogP contribution is -2.24. The van der Waals surface area contributed by atoms with Gasteiger partial charge in [0.25, 0.3) is 0 Å². The summed E-state index contributed by atoms with van der Waals surface area (Å²) in [6, 6.07) is 0. The van der Waals surface area contributed by atoms with Crippen LogP contribution in [0.1, 0.15) is 44.9 Å². The fraction of sp³-hybridized carbons (Fsp3) is 0.818. The van der Waals surface area contributed by atoms with Crippen molar-refractivity contribution in [3.05, 3.63) is 0 Å². The SMILES string of the molecule is O=CCCCCCCCNC(=O)CCO. The highest BCUT2D eigenvalue weighted by atomic mass is 16.3. The first-order valence-corrected chi connectivity index (χ1v) is 5.62. The lowest BCUT2D eigenvalue weighted by atomic mass is 10.1. The summed E-state index contributed by atoms with van der Waals surface area (Å²) >= 11 is 0. The van der Waals surface area contributed by atoms with Gasteiger partial charge in [0.1, 0.15) is 6.29 Å². The second kappa shape index (κ2) is 11.2. The average Bonchev–Trinajstić information content (AvgIpc) is 2.22. The van der Waals surface area contributed by atoms with Gasteiger partial charge in [0.2, 0.25) is 5.91 Å². The molecule has 0 heterocycles. The molecule has 0 saturated heterocycles. The number of aliphatic hydroxyl groups is 1. The van der Waals surface area contributed by atoms with Crippen molar-refractivity contribution in [2.75, 3.05) is 13.2 Å². The molecule has 0 saturated carbocycles. The minimum absolute atomic E-state index is 0.0848. The molecule has 0 fully saturated rings. The van der Waals surface area contributed by atoms with E-state index >= 15 is 0 Å². The van der Waals surface area contributed by atoms with Crippen LogP contribution < -0.4 is 5.32 Å². The topological polar surface area (TPSA) is 66.4 Å². The highest BCUT2D eigenvalue weighted by Crippen LogP contribution is 2.03. The van der Waals surface area contributed by atoms with Gasteiger partial charge in [-0.25, -0.2) is 0 Å². The fourth-order valence-corrected chi connectivity index (χ4v) is 1.30. The molecule has 0 aliphatic rings. The van der Waals surface area contributed by atoms with Gasteiger partial charge in [-0.2, -0.15) is 0 Å². The summed E-state index contributed by atoms with van der Waals surface area (Å²) in [5.41, 5.74) is 0. The molecule has 0 aliphatic heterocycles. The van der Waals surface area contributed by atoms with Crippen LogP contribution in [0.2, 0.25) is 0 Å². The third-order valence-corrected chi connectivity index (χ3v) is 2.16. The molecule has 1 amide bonds. The van der Waals surface area contributed by atoms with Crippen molar-refractivity contribution in [1.29, 1.82) is 0 Å². The first kappa shape index (κ1) is 14.1. The van der Waals surface area contributed by atoms with E-state index in [1.807, 2.05) is 0 Å². The maximum absolute atomic E-state index is 10.9. The third kappa shape index (κ3) is 11.0. The molecule has 0 aliphatic carbocycles. The summed E-state index contributed by atoms with van der Waals surface area (Å²) < 4.78 is 0. The summed E-state index contributed by atoms with van der Waals surface area (Å²) in [5, 5.41) is 11.2. The van der Waals surface area contributed by atoms with Gasteiger partial charge in [0.05, 0.1) is 6.61 Å². The summed E-state index contributed by atoms with van der Waals surface area (Å²) in [6.07, 6.45) is 7.03. The molecule has 4 heteroatoms. The van der Waals surface area contributed by atoms with Gasteiger partial charge in [-0.1, -0.05) is 19.3 Å². The van der Waals surface area contributed by atoms with Crippen LogP contribution in [0.15, 0.2) is 0 Å². The van der Waals surface area contributed by atoms with Gasteiger partial charge in [0, 0.05) is 19.4 Å². The molecule has 4 nitrogen and oxygen atoms in total. The fourth-order valence-electron chi connectivity index (χ4n) is 1.30. The van der Waals surface area contributed by atoms with Gasteiger partial charge < -0.3 is 15.2 Å². The Morgan fingerprint density at radius 1 is 1.13 bits per heavy atom. The molecule has 0 unspecified atom stereocenters. The van der Waals surface area contributed by atoms with E-state index < -0.39 is 0 Å². The average molecular weight is 215 g/mol. The molecule has 88 valence electrons. The number of nitrogens with one attached hydrogen (secondary N) is 1. The van der Waals surface area contributed by atoms with E-state index in [0.717, 1.165) is 38.4 Å². The lowest BCUT2D eigenvalue weighted by molar-refractivity contribution is -0.121. The first-order valence-electron chi connectivity index (χ1n) is 5.62. The Bertz CT molecular complexity index is 171. The Balaban J connectivity index is 3.04. The van der Waals surface area contributed by atoms with Crippen LogP contribution in [0.4, 0.5) is 0 Å². The molecule has 0 aromatic carbocycles. The zero-order valence-electron chi connectivity index (χ0n) is 9.21. The summed E-state index contributed by atoms with van der Waals surface area (Å²) in [5.74, 6) is -0.0848. The number of hydrogen-bond donors (Lipinski definition) is 2. The maximum Gasteiger partial charge on any atom is 0.222 e. The Labute approximate surface area is 91.1 Å². The van der Waals surface area contributed by atoms with E-state index in [1.165, 1.54) is 0 Å². The monoisotopic (exact) mass is 215 g/mol. The summed E-state index contributed by atoms with van der Waals surface area (Å²) in [4.78, 5) is 20.9. The van der Waals surface area contributed by atoms with Crippen molar-refractivity contribution in [1.82, 2.24) is 5.32 Å². The largest absolute Gasteiger partial charge is 0.396 e. The molecular formula is C11H21NO3. The summed E-state index contributed by atoms with van der Waals surface area (Å²) in [7, 11) is 0. The van der Waals surface area contributed by atoms with Crippen LogP contribution in [0.25, 0.3) is 0 Å². The van der Waals surface area contributed by atoms with E-state index in [4.69, 9.17) is 5.11 Å². The smallest absolute Gasteiger partial charge is 0.222 e. The highest BCUT2D eigenvalue weighted by molar-refractivity contribution is 5.75. The first-order chi connectivity index (χ1) is 7.31. The molecule has 0 atom stereocenters. The number of carbonyl (C=O) groups excluding carboxylic acids is 2. The van der Waals surface area contributed by atoms with Crippen molar-refractivity contribution in [2.45, 2.75) is 44.9 Å². The van der Waals surface area contributed by atoms with Crippen LogP contribution >= 0.6 is 0 Å². The Kier molecular flexibility index (Phi) is 10.5. The van der Waals surface area contributed by atoms with Crippen molar-refractivity contribution < 1.29 is 14.7 Å². The van der Waals surface area contributed by atoms with Gasteiger partial charge in [0.15, 0.2) is 0 Å². The van der Waals surface area contributed by atoms with E-state index in [0.29, 0.717) is 13.0 Å². The number of rotatable bonds is 10. The van der Waals surface area contributed by atoms with Crippen molar-refractivity contribution in [3.8, 4) is 0 Å². The second-order valence-corrected chi connectivity index (χ2v) is 3.55. The van der Waals surface area contributed by atoms with Crippen LogP contribution in [0, 0.1) is 0 Å². The van der Waals surface area contributed by atoms with Crippen LogP contribution in [-0.2, 0) is 9.59 Å². The Hall–Kier alpha value is -0.900. The minimum atomic E-state index is -0.0858. The van der Waals surface area contributed by atoms with E-state index in [2.05, 4.69) is 5.32 Å². The molecular weight excluding hydrogens is 194 g/mol. The molecule has 0 aromatic rings. The van der Waals surface area contributed by atoms with E-state index in [1.54, 1.807) is 0 Å². The van der Waals surface area contributed by atoms with Crippen molar-refractivity contribution >= 4 is 12.2 Å². The standard InChI is InChI=1S/C11H21NO3/c13-9-6-4-2-1-3-5-8-12-11(15)7-10-14/h9,14H,1-8,10H2,(H,12,15). The van der Waals surface area contributed by atoms with Gasteiger partial charge in [-0.3, -0.25) is 4.79 Å². The third-order valence-electron chi connectivity index (χ3n) is 2.16. The zero-order valence-corrected chi connectivity index (χ0v) is 9.21. The molecule has 15 heavy (non-hydrogen) atoms. The predicted octanol–water partition coefficient (Wildman–Crippen LogP) is 1.02. The quantitative estimate of drug-likeness (QED) is 0.422. The highest BCUT2D eigenvalue weighted by Gasteiger charge is 1.97. The molecule has 0 rings (SSSR count). The molecule has 0 bridgehead atoms. The number of aldehydes is 1. The normalized spacial score (nSPS) is 9.93. The number of aliphatic hydroxyl groups excluding tert-OH is 1. The Morgan fingerprint density at radius 3 is 2.47 bits per heavy atom. The number of carbonyl (C=O) groups is 2. The number of unbranched alkanes of at least 4 members (excludes halogenated alkanes) is 5. The van der Waals surface area contributed by atoms with Crippen LogP contribution in [0.3, 0.4) is 0 Å². The van der Waals surface area contributed by atoms with E-state index in [-0.39, 0.29) is 18.9 Å². The van der Waals surface area contributed by atoms with Crippen LogP contribution in [0.5, 0.6) is 0 Å². The number of hydrogen-bond acceptors (Lipinski definition) is 3. The minimum Gasteiger partial charge on any atom is -0.396 e. The maximum atomic E-state index is 10.9. The zero-order chi connectivity index (χ0) is 11.4. The molecule has 0 spiro atoms. The molecule has 2 N–H and O–H groups in total. The van der Waals surface area contributed by atoms with E-state index in [9.17, 15) is 9.59 Å². The van der Waals surface area contributed by atoms with Crippen molar-refractivity contribution in [3.63, 3.8) is 0 Å².